The zero-order valence-electron chi connectivity index (χ0n) is 11.3. The van der Waals surface area contributed by atoms with Gasteiger partial charge in [-0.3, -0.25) is 0 Å². The van der Waals surface area contributed by atoms with Crippen LogP contribution in [0.5, 0.6) is 0 Å². The first-order valence-electron chi connectivity index (χ1n) is 6.86. The standard InChI is InChI=1S/C14H18BrN3O2/c1-20-9-4-2-8(3-5-9)16-11-7-13-12(6-10(11)15)17-14(19)18-13/h6-9,16H,2-5H2,1H3,(H2,17,18,19). The van der Waals surface area contributed by atoms with Crippen molar-refractivity contribution in [3.05, 3.63) is 27.1 Å². The fraction of sp³-hybridized carbons (Fsp3) is 0.500. The molecule has 2 aromatic rings. The van der Waals surface area contributed by atoms with Crippen molar-refractivity contribution >= 4 is 32.7 Å². The Hall–Kier alpha value is -1.27. The summed E-state index contributed by atoms with van der Waals surface area (Å²) in [5, 5.41) is 3.56. The summed E-state index contributed by atoms with van der Waals surface area (Å²) in [4.78, 5) is 16.9. The molecule has 1 aliphatic carbocycles. The SMILES string of the molecule is COC1CCC(Nc2cc3[nH]c(=O)[nH]c3cc2Br)CC1. The Kier molecular flexibility index (Phi) is 3.85. The lowest BCUT2D eigenvalue weighted by atomic mass is 9.93. The van der Waals surface area contributed by atoms with E-state index >= 15 is 0 Å². The predicted molar refractivity (Wildman–Crippen MR) is 83.3 cm³/mol. The maximum atomic E-state index is 11.3. The van der Waals surface area contributed by atoms with Crippen LogP contribution in [-0.4, -0.2) is 29.2 Å². The van der Waals surface area contributed by atoms with E-state index in [1.165, 1.54) is 0 Å². The Morgan fingerprint density at radius 2 is 1.85 bits per heavy atom. The molecule has 1 aromatic carbocycles. The molecule has 3 rings (SSSR count). The number of hydrogen-bond donors (Lipinski definition) is 3. The third-order valence-corrected chi connectivity index (χ3v) is 4.63. The van der Waals surface area contributed by atoms with Gasteiger partial charge in [-0.2, -0.15) is 0 Å². The van der Waals surface area contributed by atoms with Gasteiger partial charge in [-0.15, -0.1) is 0 Å². The van der Waals surface area contributed by atoms with Gasteiger partial charge in [0.05, 0.1) is 22.8 Å². The lowest BCUT2D eigenvalue weighted by Gasteiger charge is -2.29. The summed E-state index contributed by atoms with van der Waals surface area (Å²) in [6.45, 7) is 0. The third kappa shape index (κ3) is 2.76. The predicted octanol–water partition coefficient (Wildman–Crippen LogP) is 2.99. The molecular formula is C14H18BrN3O2. The number of aromatic nitrogens is 2. The van der Waals surface area contributed by atoms with E-state index in [1.54, 1.807) is 7.11 Å². The van der Waals surface area contributed by atoms with Crippen LogP contribution in [0.3, 0.4) is 0 Å². The monoisotopic (exact) mass is 339 g/mol. The molecule has 0 atom stereocenters. The molecule has 0 amide bonds. The van der Waals surface area contributed by atoms with Gasteiger partial charge in [-0.1, -0.05) is 0 Å². The number of nitrogens with one attached hydrogen (secondary N) is 3. The average Bonchev–Trinajstić information content (AvgIpc) is 2.79. The molecule has 108 valence electrons. The molecule has 1 aliphatic rings. The molecule has 1 heterocycles. The summed E-state index contributed by atoms with van der Waals surface area (Å²) in [6.07, 6.45) is 4.79. The highest BCUT2D eigenvalue weighted by atomic mass is 79.9. The molecule has 0 saturated heterocycles. The molecule has 5 nitrogen and oxygen atoms in total. The van der Waals surface area contributed by atoms with Crippen LogP contribution in [0.4, 0.5) is 5.69 Å². The molecule has 0 bridgehead atoms. The second kappa shape index (κ2) is 5.61. The Labute approximate surface area is 125 Å². The maximum absolute atomic E-state index is 11.3. The average molecular weight is 340 g/mol. The Balaban J connectivity index is 1.77. The summed E-state index contributed by atoms with van der Waals surface area (Å²) in [5.41, 5.74) is 2.49. The van der Waals surface area contributed by atoms with Crippen molar-refractivity contribution in [2.45, 2.75) is 37.8 Å². The van der Waals surface area contributed by atoms with Gasteiger partial charge in [0.1, 0.15) is 0 Å². The van der Waals surface area contributed by atoms with Crippen LogP contribution >= 0.6 is 15.9 Å². The van der Waals surface area contributed by atoms with Gasteiger partial charge in [0.15, 0.2) is 0 Å². The number of fused-ring (bicyclic) bond motifs is 1. The van der Waals surface area contributed by atoms with E-state index < -0.39 is 0 Å². The Morgan fingerprint density at radius 3 is 2.50 bits per heavy atom. The number of hydrogen-bond acceptors (Lipinski definition) is 3. The van der Waals surface area contributed by atoms with Crippen LogP contribution in [0.25, 0.3) is 11.0 Å². The lowest BCUT2D eigenvalue weighted by Crippen LogP contribution is -2.29. The van der Waals surface area contributed by atoms with E-state index in [4.69, 9.17) is 4.74 Å². The van der Waals surface area contributed by atoms with Crippen molar-refractivity contribution in [2.24, 2.45) is 0 Å². The van der Waals surface area contributed by atoms with Gasteiger partial charge < -0.3 is 20.0 Å². The molecule has 1 aromatic heterocycles. The van der Waals surface area contributed by atoms with Crippen molar-refractivity contribution in [1.82, 2.24) is 9.97 Å². The first-order valence-corrected chi connectivity index (χ1v) is 7.66. The van der Waals surface area contributed by atoms with E-state index in [2.05, 4.69) is 31.2 Å². The molecule has 0 radical (unpaired) electrons. The largest absolute Gasteiger partial charge is 0.381 e. The van der Waals surface area contributed by atoms with Crippen molar-refractivity contribution in [3.63, 3.8) is 0 Å². The fourth-order valence-corrected chi connectivity index (χ4v) is 3.29. The van der Waals surface area contributed by atoms with E-state index in [0.717, 1.165) is 46.9 Å². The van der Waals surface area contributed by atoms with Crippen LogP contribution in [0.2, 0.25) is 0 Å². The zero-order chi connectivity index (χ0) is 14.1. The van der Waals surface area contributed by atoms with Crippen LogP contribution in [-0.2, 0) is 4.74 Å². The minimum Gasteiger partial charge on any atom is -0.381 e. The normalized spacial score (nSPS) is 23.1. The second-order valence-electron chi connectivity index (χ2n) is 5.31. The molecule has 6 heteroatoms. The highest BCUT2D eigenvalue weighted by Crippen LogP contribution is 2.30. The number of aromatic amines is 2. The summed E-state index contributed by atoms with van der Waals surface area (Å²) in [7, 11) is 1.78. The lowest BCUT2D eigenvalue weighted by molar-refractivity contribution is 0.0682. The quantitative estimate of drug-likeness (QED) is 0.805. The smallest absolute Gasteiger partial charge is 0.323 e. The van der Waals surface area contributed by atoms with Gasteiger partial charge >= 0.3 is 5.69 Å². The zero-order valence-corrected chi connectivity index (χ0v) is 12.9. The molecule has 0 spiro atoms. The number of imidazole rings is 1. The number of benzene rings is 1. The molecule has 0 aliphatic heterocycles. The first-order chi connectivity index (χ1) is 9.65. The highest BCUT2D eigenvalue weighted by molar-refractivity contribution is 9.10. The first kappa shape index (κ1) is 13.7. The molecule has 0 unspecified atom stereocenters. The van der Waals surface area contributed by atoms with Gasteiger partial charge in [-0.05, 0) is 53.7 Å². The molecule has 20 heavy (non-hydrogen) atoms. The number of ether oxygens (including phenoxy) is 1. The van der Waals surface area contributed by atoms with Gasteiger partial charge in [-0.25, -0.2) is 4.79 Å². The van der Waals surface area contributed by atoms with Crippen LogP contribution in [0, 0.1) is 0 Å². The van der Waals surface area contributed by atoms with E-state index in [0.29, 0.717) is 12.1 Å². The number of H-pyrrole nitrogens is 2. The Morgan fingerprint density at radius 1 is 1.20 bits per heavy atom. The maximum Gasteiger partial charge on any atom is 0.323 e. The van der Waals surface area contributed by atoms with Crippen LogP contribution in [0.15, 0.2) is 21.4 Å². The van der Waals surface area contributed by atoms with Crippen molar-refractivity contribution in [2.75, 3.05) is 12.4 Å². The van der Waals surface area contributed by atoms with Gasteiger partial charge in [0.2, 0.25) is 0 Å². The van der Waals surface area contributed by atoms with E-state index in [9.17, 15) is 4.79 Å². The van der Waals surface area contributed by atoms with Crippen molar-refractivity contribution < 1.29 is 4.74 Å². The highest BCUT2D eigenvalue weighted by Gasteiger charge is 2.21. The summed E-state index contributed by atoms with van der Waals surface area (Å²) in [5.74, 6) is 0. The van der Waals surface area contributed by atoms with Gasteiger partial charge in [0.25, 0.3) is 0 Å². The minimum absolute atomic E-state index is 0.176. The number of methoxy groups -OCH3 is 1. The third-order valence-electron chi connectivity index (χ3n) is 3.97. The molecule has 1 fully saturated rings. The minimum atomic E-state index is -0.176. The molecule has 1 saturated carbocycles. The summed E-state index contributed by atoms with van der Waals surface area (Å²) in [6, 6.07) is 4.36. The molecule has 3 N–H and O–H groups in total. The van der Waals surface area contributed by atoms with Crippen LogP contribution < -0.4 is 11.0 Å². The topological polar surface area (TPSA) is 69.9 Å². The number of rotatable bonds is 3. The molecular weight excluding hydrogens is 322 g/mol. The summed E-state index contributed by atoms with van der Waals surface area (Å²) < 4.78 is 6.36. The number of anilines is 1. The van der Waals surface area contributed by atoms with E-state index in [-0.39, 0.29) is 5.69 Å². The van der Waals surface area contributed by atoms with E-state index in [1.807, 2.05) is 12.1 Å². The second-order valence-corrected chi connectivity index (χ2v) is 6.16. The van der Waals surface area contributed by atoms with Crippen molar-refractivity contribution in [3.8, 4) is 0 Å². The van der Waals surface area contributed by atoms with Gasteiger partial charge in [0, 0.05) is 17.6 Å². The van der Waals surface area contributed by atoms with Crippen LogP contribution in [0.1, 0.15) is 25.7 Å². The Bertz CT molecular complexity index is 656. The summed E-state index contributed by atoms with van der Waals surface area (Å²) >= 11 is 3.56. The number of halogens is 1. The fourth-order valence-electron chi connectivity index (χ4n) is 2.83. The van der Waals surface area contributed by atoms with Crippen molar-refractivity contribution in [1.29, 1.82) is 0 Å².